The van der Waals surface area contributed by atoms with Crippen LogP contribution < -0.4 is 10.1 Å². The van der Waals surface area contributed by atoms with Crippen LogP contribution in [0.1, 0.15) is 12.5 Å². The molecule has 96 valence electrons. The van der Waals surface area contributed by atoms with Gasteiger partial charge in [-0.05, 0) is 36.6 Å². The van der Waals surface area contributed by atoms with E-state index in [9.17, 15) is 0 Å². The van der Waals surface area contributed by atoms with Gasteiger partial charge in [-0.1, -0.05) is 19.1 Å². The second kappa shape index (κ2) is 8.09. The van der Waals surface area contributed by atoms with E-state index in [-0.39, 0.29) is 0 Å². The lowest BCUT2D eigenvalue weighted by Crippen LogP contribution is -2.27. The van der Waals surface area contributed by atoms with E-state index < -0.39 is 0 Å². The van der Waals surface area contributed by atoms with Gasteiger partial charge in [0.1, 0.15) is 5.75 Å². The Morgan fingerprint density at radius 3 is 2.76 bits per heavy atom. The number of ether oxygens (including phenoxy) is 2. The summed E-state index contributed by atoms with van der Waals surface area (Å²) in [6, 6.07) is 8.23. The molecule has 0 aliphatic carbocycles. The highest BCUT2D eigenvalue weighted by Gasteiger charge is 2.09. The SMILES string of the molecule is CCNCC(COC)Cc1cccc(OC)c1. The third kappa shape index (κ3) is 5.20. The Morgan fingerprint density at radius 2 is 2.12 bits per heavy atom. The van der Waals surface area contributed by atoms with Gasteiger partial charge in [0, 0.05) is 13.7 Å². The molecule has 17 heavy (non-hydrogen) atoms. The first-order chi connectivity index (χ1) is 8.30. The molecule has 0 aromatic heterocycles. The largest absolute Gasteiger partial charge is 0.497 e. The van der Waals surface area contributed by atoms with Gasteiger partial charge in [0.15, 0.2) is 0 Å². The van der Waals surface area contributed by atoms with Crippen LogP contribution in [0.15, 0.2) is 24.3 Å². The van der Waals surface area contributed by atoms with Crippen molar-refractivity contribution in [1.82, 2.24) is 5.32 Å². The fourth-order valence-electron chi connectivity index (χ4n) is 1.91. The molecule has 0 spiro atoms. The van der Waals surface area contributed by atoms with Crippen LogP contribution in [0.2, 0.25) is 0 Å². The third-order valence-corrected chi connectivity index (χ3v) is 2.74. The van der Waals surface area contributed by atoms with E-state index in [1.165, 1.54) is 5.56 Å². The van der Waals surface area contributed by atoms with Crippen molar-refractivity contribution in [2.45, 2.75) is 13.3 Å². The van der Waals surface area contributed by atoms with Gasteiger partial charge < -0.3 is 14.8 Å². The number of benzene rings is 1. The van der Waals surface area contributed by atoms with Crippen LogP contribution in [0, 0.1) is 5.92 Å². The number of hydrogen-bond acceptors (Lipinski definition) is 3. The maximum atomic E-state index is 5.26. The standard InChI is InChI=1S/C14H23NO2/c1-4-15-10-13(11-16-2)8-12-6-5-7-14(9-12)17-3/h5-7,9,13,15H,4,8,10-11H2,1-3H3. The van der Waals surface area contributed by atoms with Crippen LogP contribution in [0.4, 0.5) is 0 Å². The first-order valence-electron chi connectivity index (χ1n) is 6.12. The van der Waals surface area contributed by atoms with Gasteiger partial charge in [-0.2, -0.15) is 0 Å². The van der Waals surface area contributed by atoms with Gasteiger partial charge in [0.25, 0.3) is 0 Å². The Labute approximate surface area is 104 Å². The van der Waals surface area contributed by atoms with Crippen LogP contribution in [-0.2, 0) is 11.2 Å². The van der Waals surface area contributed by atoms with Gasteiger partial charge in [-0.3, -0.25) is 0 Å². The Balaban J connectivity index is 2.57. The normalized spacial score (nSPS) is 12.4. The molecule has 0 saturated heterocycles. The van der Waals surface area contributed by atoms with E-state index in [1.54, 1.807) is 14.2 Å². The Morgan fingerprint density at radius 1 is 1.29 bits per heavy atom. The quantitative estimate of drug-likeness (QED) is 0.751. The molecule has 1 aromatic carbocycles. The van der Waals surface area contributed by atoms with Crippen molar-refractivity contribution in [3.8, 4) is 5.75 Å². The zero-order valence-electron chi connectivity index (χ0n) is 11.0. The molecule has 0 saturated carbocycles. The highest BCUT2D eigenvalue weighted by molar-refractivity contribution is 5.28. The zero-order chi connectivity index (χ0) is 12.5. The van der Waals surface area contributed by atoms with Gasteiger partial charge >= 0.3 is 0 Å². The lowest BCUT2D eigenvalue weighted by molar-refractivity contribution is 0.151. The minimum Gasteiger partial charge on any atom is -0.497 e. The van der Waals surface area contributed by atoms with E-state index in [0.29, 0.717) is 5.92 Å². The smallest absolute Gasteiger partial charge is 0.119 e. The summed E-state index contributed by atoms with van der Waals surface area (Å²) in [6.45, 7) is 4.89. The van der Waals surface area contributed by atoms with E-state index in [1.807, 2.05) is 12.1 Å². The van der Waals surface area contributed by atoms with E-state index in [2.05, 4.69) is 24.4 Å². The van der Waals surface area contributed by atoms with Crippen LogP contribution >= 0.6 is 0 Å². The predicted octanol–water partition coefficient (Wildman–Crippen LogP) is 2.11. The topological polar surface area (TPSA) is 30.5 Å². The molecule has 1 rings (SSSR count). The van der Waals surface area contributed by atoms with E-state index in [0.717, 1.165) is 31.9 Å². The summed E-state index contributed by atoms with van der Waals surface area (Å²) in [5, 5.41) is 3.37. The second-order valence-electron chi connectivity index (χ2n) is 4.18. The fourth-order valence-corrected chi connectivity index (χ4v) is 1.91. The lowest BCUT2D eigenvalue weighted by Gasteiger charge is -2.16. The maximum Gasteiger partial charge on any atom is 0.119 e. The minimum absolute atomic E-state index is 0.507. The van der Waals surface area contributed by atoms with Crippen LogP contribution in [0.3, 0.4) is 0 Å². The van der Waals surface area contributed by atoms with Crippen molar-refractivity contribution < 1.29 is 9.47 Å². The van der Waals surface area contributed by atoms with Gasteiger partial charge in [-0.15, -0.1) is 0 Å². The Kier molecular flexibility index (Phi) is 6.67. The van der Waals surface area contributed by atoms with Crippen molar-refractivity contribution in [3.05, 3.63) is 29.8 Å². The van der Waals surface area contributed by atoms with Crippen molar-refractivity contribution in [2.24, 2.45) is 5.92 Å². The lowest BCUT2D eigenvalue weighted by atomic mass is 10.00. The predicted molar refractivity (Wildman–Crippen MR) is 70.6 cm³/mol. The summed E-state index contributed by atoms with van der Waals surface area (Å²) < 4.78 is 10.5. The zero-order valence-corrected chi connectivity index (χ0v) is 11.0. The molecule has 0 amide bonds. The third-order valence-electron chi connectivity index (χ3n) is 2.74. The average molecular weight is 237 g/mol. The minimum atomic E-state index is 0.507. The monoisotopic (exact) mass is 237 g/mol. The number of rotatable bonds is 8. The summed E-state index contributed by atoms with van der Waals surface area (Å²) in [6.07, 6.45) is 1.01. The van der Waals surface area contributed by atoms with E-state index in [4.69, 9.17) is 9.47 Å². The maximum absolute atomic E-state index is 5.26. The van der Waals surface area contributed by atoms with Crippen molar-refractivity contribution in [1.29, 1.82) is 0 Å². The molecule has 0 aliphatic rings. The van der Waals surface area contributed by atoms with Gasteiger partial charge in [-0.25, -0.2) is 0 Å². The van der Waals surface area contributed by atoms with Gasteiger partial charge in [0.05, 0.1) is 13.7 Å². The first-order valence-corrected chi connectivity index (χ1v) is 6.12. The molecular weight excluding hydrogens is 214 g/mol. The van der Waals surface area contributed by atoms with Crippen LogP contribution in [-0.4, -0.2) is 33.9 Å². The number of hydrogen-bond donors (Lipinski definition) is 1. The average Bonchev–Trinajstić information content (AvgIpc) is 2.36. The molecule has 1 N–H and O–H groups in total. The van der Waals surface area contributed by atoms with E-state index >= 15 is 0 Å². The molecule has 0 bridgehead atoms. The number of nitrogens with one attached hydrogen (secondary N) is 1. The summed E-state index contributed by atoms with van der Waals surface area (Å²) in [5.74, 6) is 1.43. The second-order valence-corrected chi connectivity index (χ2v) is 4.18. The van der Waals surface area contributed by atoms with Crippen molar-refractivity contribution in [3.63, 3.8) is 0 Å². The Bertz CT molecular complexity index is 315. The number of methoxy groups -OCH3 is 2. The van der Waals surface area contributed by atoms with Crippen LogP contribution in [0.25, 0.3) is 0 Å². The van der Waals surface area contributed by atoms with Crippen molar-refractivity contribution in [2.75, 3.05) is 33.9 Å². The van der Waals surface area contributed by atoms with Crippen molar-refractivity contribution >= 4 is 0 Å². The molecule has 1 unspecified atom stereocenters. The highest BCUT2D eigenvalue weighted by atomic mass is 16.5. The molecule has 0 heterocycles. The molecule has 3 heteroatoms. The molecule has 1 aromatic rings. The molecule has 0 aliphatic heterocycles. The molecule has 0 fully saturated rings. The summed E-state index contributed by atoms with van der Waals surface area (Å²) in [5.41, 5.74) is 1.30. The summed E-state index contributed by atoms with van der Waals surface area (Å²) in [4.78, 5) is 0. The highest BCUT2D eigenvalue weighted by Crippen LogP contribution is 2.16. The van der Waals surface area contributed by atoms with Crippen LogP contribution in [0.5, 0.6) is 5.75 Å². The fraction of sp³-hybridized carbons (Fsp3) is 0.571. The molecular formula is C14H23NO2. The summed E-state index contributed by atoms with van der Waals surface area (Å²) in [7, 11) is 3.45. The molecule has 1 atom stereocenters. The van der Waals surface area contributed by atoms with Gasteiger partial charge in [0.2, 0.25) is 0 Å². The summed E-state index contributed by atoms with van der Waals surface area (Å²) >= 11 is 0. The molecule has 0 radical (unpaired) electrons. The first kappa shape index (κ1) is 14.0. The Hall–Kier alpha value is -1.06. The molecule has 3 nitrogen and oxygen atoms in total.